The molecule has 0 atom stereocenters. The van der Waals surface area contributed by atoms with E-state index in [1.807, 2.05) is 48.8 Å². The van der Waals surface area contributed by atoms with E-state index in [-0.39, 0.29) is 5.41 Å². The summed E-state index contributed by atoms with van der Waals surface area (Å²) < 4.78 is 4.38. The van der Waals surface area contributed by atoms with Crippen LogP contribution in [0.1, 0.15) is 37.7 Å². The summed E-state index contributed by atoms with van der Waals surface area (Å²) >= 11 is 0. The predicted molar refractivity (Wildman–Crippen MR) is 183 cm³/mol. The maximum absolute atomic E-state index is 5.02. The fourth-order valence-corrected chi connectivity index (χ4v) is 5.85. The molecule has 0 fully saturated rings. The van der Waals surface area contributed by atoms with Crippen molar-refractivity contribution in [3.63, 3.8) is 0 Å². The van der Waals surface area contributed by atoms with Crippen LogP contribution in [0.5, 0.6) is 0 Å². The first-order chi connectivity index (χ1) is 21.9. The molecule has 6 heteroatoms. The summed E-state index contributed by atoms with van der Waals surface area (Å²) in [5.41, 5.74) is 11.2. The molecule has 0 unspecified atom stereocenters. The van der Waals surface area contributed by atoms with Crippen LogP contribution < -0.4 is 0 Å². The van der Waals surface area contributed by atoms with Crippen LogP contribution in [0.15, 0.2) is 133 Å². The van der Waals surface area contributed by atoms with E-state index < -0.39 is 0 Å². The number of aryl methyl sites for hydroxylation is 1. The van der Waals surface area contributed by atoms with Gasteiger partial charge in [-0.1, -0.05) is 86.2 Å². The topological polar surface area (TPSA) is 61.4 Å². The molecule has 0 aliphatic heterocycles. The van der Waals surface area contributed by atoms with Gasteiger partial charge in [0.1, 0.15) is 11.6 Å². The second-order valence-electron chi connectivity index (χ2n) is 11.9. The molecule has 0 bridgehead atoms. The summed E-state index contributed by atoms with van der Waals surface area (Å²) in [6, 6.07) is 35.0. The first-order valence-corrected chi connectivity index (χ1v) is 15.1. The minimum absolute atomic E-state index is 0.0354. The zero-order valence-corrected chi connectivity index (χ0v) is 25.9. The molecule has 0 radical (unpaired) electrons. The van der Waals surface area contributed by atoms with Gasteiger partial charge < -0.3 is 0 Å². The van der Waals surface area contributed by atoms with E-state index in [0.717, 1.165) is 50.9 Å². The van der Waals surface area contributed by atoms with Crippen LogP contribution in [-0.2, 0) is 5.41 Å². The van der Waals surface area contributed by atoms with Crippen molar-refractivity contribution in [1.82, 2.24) is 29.1 Å². The molecule has 4 heterocycles. The fourth-order valence-electron chi connectivity index (χ4n) is 5.85. The van der Waals surface area contributed by atoms with Gasteiger partial charge in [0.05, 0.1) is 46.2 Å². The highest BCUT2D eigenvalue weighted by Crippen LogP contribution is 2.43. The van der Waals surface area contributed by atoms with Crippen molar-refractivity contribution < 1.29 is 0 Å². The zero-order chi connectivity index (χ0) is 31.0. The summed E-state index contributed by atoms with van der Waals surface area (Å²) in [6.07, 6.45) is 9.60. The Balaban J connectivity index is 0.000000145. The predicted octanol–water partition coefficient (Wildman–Crippen LogP) is 9.02. The van der Waals surface area contributed by atoms with Gasteiger partial charge in [0.25, 0.3) is 0 Å². The average Bonchev–Trinajstić information content (AvgIpc) is 3.72. The third-order valence-electron chi connectivity index (χ3n) is 8.53. The van der Waals surface area contributed by atoms with E-state index >= 15 is 0 Å². The average molecular weight is 587 g/mol. The van der Waals surface area contributed by atoms with E-state index in [1.54, 1.807) is 12.4 Å². The fraction of sp³-hybridized carbons (Fsp3) is 0.128. The monoisotopic (exact) mass is 586 g/mol. The standard InChI is InChI=1S/C20H19N3.C19H15N3/c1-14-12-17-18(20(14,2)3)22-19(15-8-5-4-6-9-15)23(17)16-10-7-11-21-13-16;1-14-9-10-18-17(12-14)21-19(15-6-3-2-4-7-15)22(18)16-8-5-11-20-13-16/h4-13H,1-3H3;2-13H,1H3. The third kappa shape index (κ3) is 5.14. The van der Waals surface area contributed by atoms with Crippen LogP contribution in [0, 0.1) is 6.92 Å². The molecule has 0 N–H and O–H groups in total. The Hall–Kier alpha value is -5.62. The largest absolute Gasteiger partial charge is 0.291 e. The molecule has 0 saturated carbocycles. The molecule has 0 amide bonds. The highest BCUT2D eigenvalue weighted by Gasteiger charge is 2.36. The van der Waals surface area contributed by atoms with Crippen molar-refractivity contribution in [1.29, 1.82) is 0 Å². The van der Waals surface area contributed by atoms with Gasteiger partial charge in [-0.2, -0.15) is 0 Å². The van der Waals surface area contributed by atoms with Crippen LogP contribution in [0.25, 0.3) is 51.3 Å². The molecule has 3 aromatic carbocycles. The van der Waals surface area contributed by atoms with Gasteiger partial charge in [-0.15, -0.1) is 0 Å². The van der Waals surface area contributed by atoms with Crippen LogP contribution in [0.4, 0.5) is 0 Å². The van der Waals surface area contributed by atoms with Crippen LogP contribution >= 0.6 is 0 Å². The summed E-state index contributed by atoms with van der Waals surface area (Å²) in [5.74, 6) is 1.91. The number of allylic oxidation sites excluding steroid dienone is 1. The van der Waals surface area contributed by atoms with Crippen molar-refractivity contribution in [2.24, 2.45) is 0 Å². The number of hydrogen-bond donors (Lipinski definition) is 0. The summed E-state index contributed by atoms with van der Waals surface area (Å²) in [4.78, 5) is 18.4. The minimum atomic E-state index is -0.0354. The normalized spacial score (nSPS) is 13.2. The molecule has 8 rings (SSSR count). The molecule has 220 valence electrons. The lowest BCUT2D eigenvalue weighted by Gasteiger charge is -2.19. The zero-order valence-electron chi connectivity index (χ0n) is 25.9. The number of pyridine rings is 2. The smallest absolute Gasteiger partial charge is 0.145 e. The van der Waals surface area contributed by atoms with Gasteiger partial charge in [0.2, 0.25) is 0 Å². The molecule has 1 aliphatic rings. The third-order valence-corrected chi connectivity index (χ3v) is 8.53. The van der Waals surface area contributed by atoms with Gasteiger partial charge in [-0.05, 0) is 61.9 Å². The summed E-state index contributed by atoms with van der Waals surface area (Å²) in [7, 11) is 0. The molecule has 4 aromatic heterocycles. The van der Waals surface area contributed by atoms with Crippen molar-refractivity contribution in [3.05, 3.63) is 150 Å². The van der Waals surface area contributed by atoms with E-state index in [4.69, 9.17) is 9.97 Å². The van der Waals surface area contributed by atoms with Gasteiger partial charge in [0.15, 0.2) is 0 Å². The van der Waals surface area contributed by atoms with Crippen molar-refractivity contribution in [2.75, 3.05) is 0 Å². The van der Waals surface area contributed by atoms with Crippen molar-refractivity contribution in [2.45, 2.75) is 33.1 Å². The number of fused-ring (bicyclic) bond motifs is 2. The Bertz CT molecular complexity index is 2120. The Kier molecular flexibility index (Phi) is 7.18. The van der Waals surface area contributed by atoms with Gasteiger partial charge in [-0.25, -0.2) is 9.97 Å². The Morgan fingerprint density at radius 1 is 0.600 bits per heavy atom. The minimum Gasteiger partial charge on any atom is -0.291 e. The van der Waals surface area contributed by atoms with E-state index in [2.05, 4.69) is 120 Å². The Morgan fingerprint density at radius 3 is 1.76 bits per heavy atom. The molecule has 7 aromatic rings. The van der Waals surface area contributed by atoms with Gasteiger partial charge in [0, 0.05) is 28.9 Å². The van der Waals surface area contributed by atoms with E-state index in [9.17, 15) is 0 Å². The molecule has 0 spiro atoms. The number of hydrogen-bond acceptors (Lipinski definition) is 4. The lowest BCUT2D eigenvalue weighted by molar-refractivity contribution is 0.620. The maximum Gasteiger partial charge on any atom is 0.145 e. The second kappa shape index (κ2) is 11.5. The lowest BCUT2D eigenvalue weighted by Crippen LogP contribution is -2.16. The molecule has 45 heavy (non-hydrogen) atoms. The molecular weight excluding hydrogens is 552 g/mol. The Morgan fingerprint density at radius 2 is 1.18 bits per heavy atom. The highest BCUT2D eigenvalue weighted by molar-refractivity contribution is 5.83. The van der Waals surface area contributed by atoms with Crippen molar-refractivity contribution >= 4 is 17.1 Å². The summed E-state index contributed by atoms with van der Waals surface area (Å²) in [5, 5.41) is 0. The highest BCUT2D eigenvalue weighted by atomic mass is 15.1. The number of aromatic nitrogens is 6. The van der Waals surface area contributed by atoms with Crippen molar-refractivity contribution in [3.8, 4) is 34.2 Å². The molecule has 6 nitrogen and oxygen atoms in total. The first kappa shape index (κ1) is 28.2. The summed E-state index contributed by atoms with van der Waals surface area (Å²) in [6.45, 7) is 8.74. The lowest BCUT2D eigenvalue weighted by atomic mass is 9.86. The maximum atomic E-state index is 5.02. The van der Waals surface area contributed by atoms with Crippen LogP contribution in [0.3, 0.4) is 0 Å². The molecular formula is C39H34N6. The Labute approximate surface area is 263 Å². The quantitative estimate of drug-likeness (QED) is 0.206. The van der Waals surface area contributed by atoms with Gasteiger partial charge >= 0.3 is 0 Å². The number of nitrogens with zero attached hydrogens (tertiary/aromatic N) is 6. The number of rotatable bonds is 4. The van der Waals surface area contributed by atoms with E-state index in [0.29, 0.717) is 0 Å². The number of benzene rings is 3. The first-order valence-electron chi connectivity index (χ1n) is 15.1. The van der Waals surface area contributed by atoms with Crippen LogP contribution in [-0.4, -0.2) is 29.1 Å². The number of imidazole rings is 2. The van der Waals surface area contributed by atoms with Gasteiger partial charge in [-0.3, -0.25) is 19.1 Å². The van der Waals surface area contributed by atoms with Crippen LogP contribution in [0.2, 0.25) is 0 Å². The second-order valence-corrected chi connectivity index (χ2v) is 11.9. The molecule has 1 aliphatic carbocycles. The molecule has 0 saturated heterocycles. The van der Waals surface area contributed by atoms with E-state index in [1.165, 1.54) is 16.8 Å². The SMILES string of the molecule is CC1=Cc2c(nc(-c3ccccc3)n2-c2cccnc2)C1(C)C.Cc1ccc2c(c1)nc(-c1ccccc1)n2-c1cccnc1.